The van der Waals surface area contributed by atoms with E-state index in [0.29, 0.717) is 22.3 Å². The van der Waals surface area contributed by atoms with Gasteiger partial charge in [0.2, 0.25) is 0 Å². The highest BCUT2D eigenvalue weighted by molar-refractivity contribution is 5.94. The van der Waals surface area contributed by atoms with Gasteiger partial charge >= 0.3 is 5.97 Å². The van der Waals surface area contributed by atoms with Crippen molar-refractivity contribution in [3.63, 3.8) is 0 Å². The Kier molecular flexibility index (Phi) is 4.07. The molecule has 0 N–H and O–H groups in total. The van der Waals surface area contributed by atoms with E-state index >= 15 is 0 Å². The predicted molar refractivity (Wildman–Crippen MR) is 96.8 cm³/mol. The lowest BCUT2D eigenvalue weighted by Gasteiger charge is -2.03. The lowest BCUT2D eigenvalue weighted by atomic mass is 10.2. The molecule has 0 aliphatic heterocycles. The van der Waals surface area contributed by atoms with Gasteiger partial charge in [0.1, 0.15) is 22.5 Å². The van der Waals surface area contributed by atoms with Gasteiger partial charge in [0.05, 0.1) is 18.4 Å². The van der Waals surface area contributed by atoms with E-state index in [4.69, 9.17) is 9.47 Å². The van der Waals surface area contributed by atoms with Crippen LogP contribution in [0.3, 0.4) is 0 Å². The van der Waals surface area contributed by atoms with Gasteiger partial charge in [-0.05, 0) is 54.6 Å². The zero-order valence-corrected chi connectivity index (χ0v) is 14.0. The summed E-state index contributed by atoms with van der Waals surface area (Å²) in [6.45, 7) is 0. The molecule has 0 spiro atoms. The van der Waals surface area contributed by atoms with Gasteiger partial charge in [0.15, 0.2) is 0 Å². The Hall–Kier alpha value is -3.67. The number of ether oxygens (including phenoxy) is 2. The highest BCUT2D eigenvalue weighted by Crippen LogP contribution is 2.18. The summed E-state index contributed by atoms with van der Waals surface area (Å²) in [5, 5.41) is 8.88. The topological polar surface area (TPSA) is 66.2 Å². The third-order valence-electron chi connectivity index (χ3n) is 3.87. The molecule has 1 aromatic heterocycles. The Morgan fingerprint density at radius 1 is 0.846 bits per heavy atom. The molecule has 128 valence electrons. The van der Waals surface area contributed by atoms with Gasteiger partial charge in [0.25, 0.3) is 0 Å². The molecule has 0 saturated heterocycles. The zero-order valence-electron chi connectivity index (χ0n) is 14.0. The molecule has 6 nitrogen and oxygen atoms in total. The molecular formula is C20H15N3O3. The molecule has 3 aromatic carbocycles. The number of rotatable bonds is 4. The minimum Gasteiger partial charge on any atom is -0.497 e. The van der Waals surface area contributed by atoms with Crippen molar-refractivity contribution in [1.29, 1.82) is 0 Å². The molecule has 6 heteroatoms. The van der Waals surface area contributed by atoms with Gasteiger partial charge in [-0.25, -0.2) is 4.79 Å². The number of benzene rings is 3. The van der Waals surface area contributed by atoms with E-state index in [1.165, 1.54) is 4.80 Å². The Morgan fingerprint density at radius 3 is 2.31 bits per heavy atom. The van der Waals surface area contributed by atoms with Gasteiger partial charge in [-0.15, -0.1) is 10.2 Å². The second-order valence-electron chi connectivity index (χ2n) is 5.59. The van der Waals surface area contributed by atoms with Crippen molar-refractivity contribution in [2.75, 3.05) is 7.11 Å². The first kappa shape index (κ1) is 15.8. The number of para-hydroxylation sites is 1. The smallest absolute Gasteiger partial charge is 0.343 e. The third-order valence-corrected chi connectivity index (χ3v) is 3.87. The van der Waals surface area contributed by atoms with Gasteiger partial charge in [-0.3, -0.25) is 0 Å². The van der Waals surface area contributed by atoms with Crippen LogP contribution in [0.25, 0.3) is 16.7 Å². The van der Waals surface area contributed by atoms with Crippen molar-refractivity contribution in [1.82, 2.24) is 15.0 Å². The molecule has 0 fully saturated rings. The predicted octanol–water partition coefficient (Wildman–Crippen LogP) is 3.65. The van der Waals surface area contributed by atoms with E-state index < -0.39 is 5.97 Å². The number of carbonyl (C=O) groups is 1. The molecule has 0 radical (unpaired) electrons. The fourth-order valence-electron chi connectivity index (χ4n) is 2.53. The van der Waals surface area contributed by atoms with Crippen LogP contribution in [-0.2, 0) is 0 Å². The van der Waals surface area contributed by atoms with Crippen LogP contribution >= 0.6 is 0 Å². The SMILES string of the molecule is COc1ccc(-n2nc3ccc(C(=O)Oc4ccccc4)cc3n2)cc1. The summed E-state index contributed by atoms with van der Waals surface area (Å²) < 4.78 is 10.5. The molecule has 0 aliphatic carbocycles. The minimum absolute atomic E-state index is 0.420. The van der Waals surface area contributed by atoms with Crippen LogP contribution in [0.1, 0.15) is 10.4 Å². The van der Waals surface area contributed by atoms with Crippen LogP contribution in [0, 0.1) is 0 Å². The molecule has 1 heterocycles. The monoisotopic (exact) mass is 345 g/mol. The second kappa shape index (κ2) is 6.68. The zero-order chi connectivity index (χ0) is 17.9. The van der Waals surface area contributed by atoms with E-state index in [-0.39, 0.29) is 0 Å². The molecule has 0 bridgehead atoms. The number of hydrogen-bond donors (Lipinski definition) is 0. The summed E-state index contributed by atoms with van der Waals surface area (Å²) in [7, 11) is 1.62. The molecule has 26 heavy (non-hydrogen) atoms. The highest BCUT2D eigenvalue weighted by atomic mass is 16.5. The summed E-state index contributed by atoms with van der Waals surface area (Å²) in [5.41, 5.74) is 2.53. The molecule has 0 amide bonds. The van der Waals surface area contributed by atoms with Crippen molar-refractivity contribution >= 4 is 17.0 Å². The van der Waals surface area contributed by atoms with Gasteiger partial charge < -0.3 is 9.47 Å². The Morgan fingerprint density at radius 2 is 1.58 bits per heavy atom. The average Bonchev–Trinajstić information content (AvgIpc) is 3.12. The van der Waals surface area contributed by atoms with E-state index in [0.717, 1.165) is 11.4 Å². The van der Waals surface area contributed by atoms with Crippen LogP contribution in [0.5, 0.6) is 11.5 Å². The normalized spacial score (nSPS) is 10.7. The number of aromatic nitrogens is 3. The standard InChI is InChI=1S/C20H15N3O3/c1-25-16-10-8-15(9-11-16)23-21-18-12-7-14(13-19(18)22-23)20(24)26-17-5-3-2-4-6-17/h2-13H,1H3. The molecule has 0 saturated carbocycles. The van der Waals surface area contributed by atoms with Crippen molar-refractivity contribution in [2.24, 2.45) is 0 Å². The molecule has 4 rings (SSSR count). The number of fused-ring (bicyclic) bond motifs is 1. The Balaban J connectivity index is 1.62. The molecule has 4 aromatic rings. The van der Waals surface area contributed by atoms with Crippen molar-refractivity contribution in [2.45, 2.75) is 0 Å². The van der Waals surface area contributed by atoms with Crippen LogP contribution < -0.4 is 9.47 Å². The quantitative estimate of drug-likeness (QED) is 0.417. The third kappa shape index (κ3) is 3.12. The van der Waals surface area contributed by atoms with E-state index in [1.54, 1.807) is 37.4 Å². The molecular weight excluding hydrogens is 330 g/mol. The summed E-state index contributed by atoms with van der Waals surface area (Å²) in [4.78, 5) is 13.8. The maximum atomic E-state index is 12.3. The lowest BCUT2D eigenvalue weighted by Crippen LogP contribution is -2.08. The largest absolute Gasteiger partial charge is 0.497 e. The number of esters is 1. The Labute approximate surface area is 149 Å². The van der Waals surface area contributed by atoms with E-state index in [1.807, 2.05) is 42.5 Å². The van der Waals surface area contributed by atoms with E-state index in [9.17, 15) is 4.79 Å². The number of carbonyl (C=O) groups excluding carboxylic acids is 1. The number of methoxy groups -OCH3 is 1. The van der Waals surface area contributed by atoms with Gasteiger partial charge in [-0.1, -0.05) is 18.2 Å². The second-order valence-corrected chi connectivity index (χ2v) is 5.59. The van der Waals surface area contributed by atoms with Crippen LogP contribution in [-0.4, -0.2) is 28.1 Å². The molecule has 0 atom stereocenters. The van der Waals surface area contributed by atoms with Crippen LogP contribution in [0.2, 0.25) is 0 Å². The first-order chi connectivity index (χ1) is 12.7. The first-order valence-electron chi connectivity index (χ1n) is 8.02. The summed E-state index contributed by atoms with van der Waals surface area (Å²) in [6, 6.07) is 21.5. The fraction of sp³-hybridized carbons (Fsp3) is 0.0500. The summed E-state index contributed by atoms with van der Waals surface area (Å²) in [6.07, 6.45) is 0. The Bertz CT molecular complexity index is 1060. The maximum Gasteiger partial charge on any atom is 0.343 e. The summed E-state index contributed by atoms with van der Waals surface area (Å²) in [5.74, 6) is 0.827. The van der Waals surface area contributed by atoms with Crippen LogP contribution in [0.4, 0.5) is 0 Å². The number of hydrogen-bond acceptors (Lipinski definition) is 5. The first-order valence-corrected chi connectivity index (χ1v) is 8.02. The molecule has 0 unspecified atom stereocenters. The molecule has 0 aliphatic rings. The van der Waals surface area contributed by atoms with Crippen LogP contribution in [0.15, 0.2) is 72.8 Å². The van der Waals surface area contributed by atoms with Gasteiger partial charge in [-0.2, -0.15) is 4.80 Å². The van der Waals surface area contributed by atoms with Crippen molar-refractivity contribution in [3.8, 4) is 17.2 Å². The highest BCUT2D eigenvalue weighted by Gasteiger charge is 2.12. The number of nitrogens with zero attached hydrogens (tertiary/aromatic N) is 3. The van der Waals surface area contributed by atoms with Crippen molar-refractivity contribution in [3.05, 3.63) is 78.4 Å². The van der Waals surface area contributed by atoms with Crippen molar-refractivity contribution < 1.29 is 14.3 Å². The fourth-order valence-corrected chi connectivity index (χ4v) is 2.53. The average molecular weight is 345 g/mol. The minimum atomic E-state index is -0.433. The van der Waals surface area contributed by atoms with E-state index in [2.05, 4.69) is 10.2 Å². The maximum absolute atomic E-state index is 12.3. The lowest BCUT2D eigenvalue weighted by molar-refractivity contribution is 0.0735. The summed E-state index contributed by atoms with van der Waals surface area (Å²) >= 11 is 0. The van der Waals surface area contributed by atoms with Gasteiger partial charge in [0, 0.05) is 0 Å².